The monoisotopic (exact) mass is 489 g/mol. The Morgan fingerprint density at radius 2 is 1.55 bits per heavy atom. The fourth-order valence-electron chi connectivity index (χ4n) is 5.05. The molecule has 2 aromatic rings. The van der Waals surface area contributed by atoms with Gasteiger partial charge in [0, 0.05) is 12.6 Å². The minimum atomic E-state index is -3.49. The van der Waals surface area contributed by atoms with Crippen molar-refractivity contribution in [3.63, 3.8) is 0 Å². The molecule has 182 valence electrons. The van der Waals surface area contributed by atoms with E-state index in [0.717, 1.165) is 25.6 Å². The second kappa shape index (κ2) is 10.8. The van der Waals surface area contributed by atoms with Crippen LogP contribution >= 0.6 is 0 Å². The zero-order valence-electron chi connectivity index (χ0n) is 20.7. The van der Waals surface area contributed by atoms with Crippen molar-refractivity contribution < 1.29 is 17.0 Å². The van der Waals surface area contributed by atoms with Crippen LogP contribution in [0, 0.1) is 0 Å². The summed E-state index contributed by atoms with van der Waals surface area (Å²) in [5.41, 5.74) is 0. The number of benzene rings is 2. The SMILES string of the molecule is CCCCN1C[C@H](OS(C)(=O)=O)C[C@@H]1CO[Si](c1ccccc1)(c1ccccc1)C(C)(C)C. The van der Waals surface area contributed by atoms with Gasteiger partial charge in [-0.15, -0.1) is 0 Å². The predicted molar refractivity (Wildman–Crippen MR) is 138 cm³/mol. The average Bonchev–Trinajstić information content (AvgIpc) is 3.13. The molecule has 0 aliphatic carbocycles. The molecule has 33 heavy (non-hydrogen) atoms. The van der Waals surface area contributed by atoms with Crippen LogP contribution in [0.3, 0.4) is 0 Å². The largest absolute Gasteiger partial charge is 0.406 e. The molecule has 0 radical (unpaired) electrons. The van der Waals surface area contributed by atoms with Gasteiger partial charge < -0.3 is 4.43 Å². The highest BCUT2D eigenvalue weighted by Gasteiger charge is 2.51. The maximum Gasteiger partial charge on any atom is 0.264 e. The van der Waals surface area contributed by atoms with Crippen LogP contribution in [-0.2, 0) is 18.7 Å². The van der Waals surface area contributed by atoms with Crippen LogP contribution in [-0.4, -0.2) is 59.7 Å². The van der Waals surface area contributed by atoms with E-state index in [9.17, 15) is 8.42 Å². The molecule has 0 spiro atoms. The third kappa shape index (κ3) is 6.34. The van der Waals surface area contributed by atoms with Gasteiger partial charge in [0.15, 0.2) is 0 Å². The molecule has 7 heteroatoms. The standard InChI is InChI=1S/C26H39NO4SSi/c1-6-7-18-27-20-23(31-32(5,28)29)19-22(27)21-30-33(26(2,3)4,24-14-10-8-11-15-24)25-16-12-9-13-17-25/h8-17,22-23H,6-7,18-21H2,1-5H3/t22-,23-/m1/s1. The molecule has 1 aliphatic rings. The van der Waals surface area contributed by atoms with E-state index in [1.54, 1.807) is 0 Å². The third-order valence-electron chi connectivity index (χ3n) is 6.51. The van der Waals surface area contributed by atoms with E-state index < -0.39 is 18.4 Å². The molecule has 3 rings (SSSR count). The number of likely N-dealkylation sites (tertiary alicyclic amines) is 1. The maximum atomic E-state index is 11.8. The minimum Gasteiger partial charge on any atom is -0.406 e. The number of nitrogens with zero attached hydrogens (tertiary/aromatic N) is 1. The number of hydrogen-bond acceptors (Lipinski definition) is 5. The number of hydrogen-bond donors (Lipinski definition) is 0. The molecule has 0 saturated carbocycles. The Morgan fingerprint density at radius 3 is 2.00 bits per heavy atom. The van der Waals surface area contributed by atoms with E-state index in [1.165, 1.54) is 10.4 Å². The molecule has 0 amide bonds. The Kier molecular flexibility index (Phi) is 8.56. The molecular weight excluding hydrogens is 450 g/mol. The van der Waals surface area contributed by atoms with Crippen molar-refractivity contribution in [2.24, 2.45) is 0 Å². The maximum absolute atomic E-state index is 11.8. The van der Waals surface area contributed by atoms with Crippen LogP contribution < -0.4 is 10.4 Å². The van der Waals surface area contributed by atoms with Crippen LogP contribution in [0.25, 0.3) is 0 Å². The van der Waals surface area contributed by atoms with Crippen molar-refractivity contribution in [3.8, 4) is 0 Å². The summed E-state index contributed by atoms with van der Waals surface area (Å²) in [7, 11) is -6.12. The van der Waals surface area contributed by atoms with Gasteiger partial charge >= 0.3 is 0 Å². The van der Waals surface area contributed by atoms with E-state index in [1.807, 2.05) is 12.1 Å². The summed E-state index contributed by atoms with van der Waals surface area (Å²) in [6, 6.07) is 21.4. The molecule has 1 saturated heterocycles. The third-order valence-corrected chi connectivity index (χ3v) is 12.1. The van der Waals surface area contributed by atoms with Crippen molar-refractivity contribution >= 4 is 28.8 Å². The normalized spacial score (nSPS) is 20.3. The van der Waals surface area contributed by atoms with Gasteiger partial charge in [-0.3, -0.25) is 9.08 Å². The van der Waals surface area contributed by atoms with Gasteiger partial charge in [-0.2, -0.15) is 8.42 Å². The highest BCUT2D eigenvalue weighted by molar-refractivity contribution is 7.86. The summed E-state index contributed by atoms with van der Waals surface area (Å²) >= 11 is 0. The molecule has 2 aromatic carbocycles. The van der Waals surface area contributed by atoms with Crippen molar-refractivity contribution in [1.82, 2.24) is 4.90 Å². The summed E-state index contributed by atoms with van der Waals surface area (Å²) in [5, 5.41) is 2.42. The average molecular weight is 490 g/mol. The quantitative estimate of drug-likeness (QED) is 0.376. The lowest BCUT2D eigenvalue weighted by atomic mass is 10.2. The summed E-state index contributed by atoms with van der Waals surface area (Å²) in [6.07, 6.45) is 3.65. The Bertz CT molecular complexity index is 937. The molecule has 0 unspecified atom stereocenters. The highest BCUT2D eigenvalue weighted by atomic mass is 32.2. The number of rotatable bonds is 10. The van der Waals surface area contributed by atoms with Crippen molar-refractivity contribution in [3.05, 3.63) is 60.7 Å². The topological polar surface area (TPSA) is 55.8 Å². The Morgan fingerprint density at radius 1 is 1.00 bits per heavy atom. The Balaban J connectivity index is 1.94. The summed E-state index contributed by atoms with van der Waals surface area (Å²) in [6.45, 7) is 11.1. The summed E-state index contributed by atoms with van der Waals surface area (Å²) in [4.78, 5) is 2.36. The second-order valence-corrected chi connectivity index (χ2v) is 16.0. The molecule has 5 nitrogen and oxygen atoms in total. The fourth-order valence-corrected chi connectivity index (χ4v) is 10.3. The molecule has 1 aliphatic heterocycles. The van der Waals surface area contributed by atoms with Crippen LogP contribution in [0.1, 0.15) is 47.0 Å². The van der Waals surface area contributed by atoms with Gasteiger partial charge in [-0.05, 0) is 34.8 Å². The van der Waals surface area contributed by atoms with E-state index in [-0.39, 0.29) is 17.2 Å². The second-order valence-electron chi connectivity index (χ2n) is 10.1. The molecule has 0 bridgehead atoms. The summed E-state index contributed by atoms with van der Waals surface area (Å²) in [5.74, 6) is 0. The van der Waals surface area contributed by atoms with Gasteiger partial charge in [0.2, 0.25) is 0 Å². The van der Waals surface area contributed by atoms with E-state index in [0.29, 0.717) is 19.6 Å². The van der Waals surface area contributed by atoms with Crippen LogP contribution in [0.5, 0.6) is 0 Å². The van der Waals surface area contributed by atoms with Crippen LogP contribution in [0.2, 0.25) is 5.04 Å². The van der Waals surface area contributed by atoms with Crippen molar-refractivity contribution in [2.75, 3.05) is 26.0 Å². The lowest BCUT2D eigenvalue weighted by Gasteiger charge is -2.44. The van der Waals surface area contributed by atoms with Crippen LogP contribution in [0.4, 0.5) is 0 Å². The first kappa shape index (κ1) is 26.1. The van der Waals surface area contributed by atoms with Crippen molar-refractivity contribution in [2.45, 2.75) is 64.1 Å². The molecule has 0 aromatic heterocycles. The van der Waals surface area contributed by atoms with Gasteiger partial charge in [-0.1, -0.05) is 94.8 Å². The molecule has 1 fully saturated rings. The molecular formula is C26H39NO4SSi. The lowest BCUT2D eigenvalue weighted by Crippen LogP contribution is -2.67. The zero-order valence-corrected chi connectivity index (χ0v) is 22.5. The number of unbranched alkanes of at least 4 members (excludes halogenated alkanes) is 1. The predicted octanol–water partition coefficient (Wildman–Crippen LogP) is 3.78. The Hall–Kier alpha value is -1.51. The first-order chi connectivity index (χ1) is 15.6. The minimum absolute atomic E-state index is 0.0920. The van der Waals surface area contributed by atoms with Gasteiger partial charge in [0.05, 0.1) is 19.0 Å². The van der Waals surface area contributed by atoms with Gasteiger partial charge in [0.25, 0.3) is 18.4 Å². The molecule has 0 N–H and O–H groups in total. The van der Waals surface area contributed by atoms with Crippen molar-refractivity contribution in [1.29, 1.82) is 0 Å². The zero-order chi connectivity index (χ0) is 24.1. The summed E-state index contributed by atoms with van der Waals surface area (Å²) < 4.78 is 36.1. The van der Waals surface area contributed by atoms with E-state index >= 15 is 0 Å². The lowest BCUT2D eigenvalue weighted by molar-refractivity contribution is 0.162. The van der Waals surface area contributed by atoms with E-state index in [4.69, 9.17) is 8.61 Å². The first-order valence-electron chi connectivity index (χ1n) is 11.9. The molecule has 2 atom stereocenters. The molecule has 1 heterocycles. The van der Waals surface area contributed by atoms with Gasteiger partial charge in [-0.25, -0.2) is 0 Å². The van der Waals surface area contributed by atoms with Crippen LogP contribution in [0.15, 0.2) is 60.7 Å². The van der Waals surface area contributed by atoms with E-state index in [2.05, 4.69) is 81.1 Å². The fraction of sp³-hybridized carbons (Fsp3) is 0.538. The first-order valence-corrected chi connectivity index (χ1v) is 15.7. The smallest absolute Gasteiger partial charge is 0.264 e. The Labute approximate surface area is 201 Å². The highest BCUT2D eigenvalue weighted by Crippen LogP contribution is 2.37. The van der Waals surface area contributed by atoms with Gasteiger partial charge in [0.1, 0.15) is 0 Å².